The maximum atomic E-state index is 12.6. The molecule has 3 nitrogen and oxygen atoms in total. The highest BCUT2D eigenvalue weighted by Gasteiger charge is 2.40. The van der Waals surface area contributed by atoms with E-state index in [9.17, 15) is 4.79 Å². The normalized spacial score (nSPS) is 22.2. The van der Waals surface area contributed by atoms with Gasteiger partial charge in [0, 0.05) is 11.6 Å². The quantitative estimate of drug-likeness (QED) is 0.823. The van der Waals surface area contributed by atoms with Gasteiger partial charge in [0.05, 0.1) is 12.9 Å². The molecule has 2 heterocycles. The zero-order chi connectivity index (χ0) is 16.0. The number of amides is 1. The molecule has 1 fully saturated rings. The second-order valence-corrected chi connectivity index (χ2v) is 7.01. The van der Waals surface area contributed by atoms with E-state index in [1.54, 1.807) is 18.9 Å². The molecule has 1 saturated heterocycles. The number of thioether (sulfide) groups is 1. The van der Waals surface area contributed by atoms with Gasteiger partial charge in [-0.1, -0.05) is 31.2 Å². The molecule has 0 N–H and O–H groups in total. The first-order valence-corrected chi connectivity index (χ1v) is 9.00. The fourth-order valence-corrected chi connectivity index (χ4v) is 4.95. The lowest BCUT2D eigenvalue weighted by Crippen LogP contribution is -2.27. The van der Waals surface area contributed by atoms with Crippen LogP contribution in [-0.4, -0.2) is 18.8 Å². The van der Waals surface area contributed by atoms with Crippen LogP contribution in [0.3, 0.4) is 0 Å². The summed E-state index contributed by atoms with van der Waals surface area (Å²) in [5.74, 6) is 1.87. The van der Waals surface area contributed by atoms with E-state index in [0.29, 0.717) is 5.75 Å². The van der Waals surface area contributed by atoms with E-state index in [0.717, 1.165) is 17.9 Å². The number of rotatable bonds is 2. The van der Waals surface area contributed by atoms with Crippen molar-refractivity contribution in [3.8, 4) is 5.75 Å². The fraction of sp³-hybridized carbons (Fsp3) is 0.316. The highest BCUT2D eigenvalue weighted by molar-refractivity contribution is 8.00. The lowest BCUT2D eigenvalue weighted by molar-refractivity contribution is -0.115. The molecule has 2 atom stereocenters. The molecule has 118 valence electrons. The predicted octanol–water partition coefficient (Wildman–Crippen LogP) is 4.33. The van der Waals surface area contributed by atoms with Crippen LogP contribution in [0.25, 0.3) is 0 Å². The molecule has 0 bridgehead atoms. The van der Waals surface area contributed by atoms with Crippen LogP contribution in [0.4, 0.5) is 5.69 Å². The van der Waals surface area contributed by atoms with Crippen LogP contribution in [0.1, 0.15) is 41.3 Å². The van der Waals surface area contributed by atoms with E-state index in [4.69, 9.17) is 4.74 Å². The first-order valence-electron chi connectivity index (χ1n) is 7.95. The first kappa shape index (κ1) is 14.6. The molecule has 0 aromatic heterocycles. The molecule has 0 radical (unpaired) electrons. The van der Waals surface area contributed by atoms with Gasteiger partial charge < -0.3 is 4.74 Å². The number of ether oxygens (including phenoxy) is 1. The van der Waals surface area contributed by atoms with Crippen LogP contribution in [-0.2, 0) is 4.79 Å². The summed E-state index contributed by atoms with van der Waals surface area (Å²) in [4.78, 5) is 14.5. The molecule has 2 unspecified atom stereocenters. The number of fused-ring (bicyclic) bond motifs is 5. The van der Waals surface area contributed by atoms with E-state index in [2.05, 4.69) is 37.3 Å². The van der Waals surface area contributed by atoms with Gasteiger partial charge in [0.15, 0.2) is 0 Å². The highest BCUT2D eigenvalue weighted by Crippen LogP contribution is 2.51. The monoisotopic (exact) mass is 325 g/mol. The standard InChI is InChI=1S/C19H19NO2S/c1-3-13-14-6-4-5-7-15(14)19-20(18(21)11-23-19)17-9-8-12(22-2)10-16(13)17/h4-10,13,19H,3,11H2,1-2H3. The number of hydrogen-bond acceptors (Lipinski definition) is 3. The Labute approximate surface area is 140 Å². The number of nitrogens with zero attached hydrogens (tertiary/aromatic N) is 1. The average molecular weight is 325 g/mol. The van der Waals surface area contributed by atoms with Gasteiger partial charge in [-0.15, -0.1) is 11.8 Å². The third kappa shape index (κ3) is 2.16. The molecule has 0 spiro atoms. The zero-order valence-corrected chi connectivity index (χ0v) is 14.1. The van der Waals surface area contributed by atoms with Crippen molar-refractivity contribution in [3.63, 3.8) is 0 Å². The van der Waals surface area contributed by atoms with E-state index in [1.165, 1.54) is 16.7 Å². The summed E-state index contributed by atoms with van der Waals surface area (Å²) in [6.07, 6.45) is 0.997. The van der Waals surface area contributed by atoms with Gasteiger partial charge in [0.25, 0.3) is 0 Å². The number of carbonyl (C=O) groups is 1. The van der Waals surface area contributed by atoms with Crippen LogP contribution in [0, 0.1) is 0 Å². The van der Waals surface area contributed by atoms with Crippen LogP contribution in [0.15, 0.2) is 42.5 Å². The minimum Gasteiger partial charge on any atom is -0.497 e. The van der Waals surface area contributed by atoms with Crippen LogP contribution < -0.4 is 9.64 Å². The van der Waals surface area contributed by atoms with Crippen molar-refractivity contribution in [3.05, 3.63) is 59.2 Å². The average Bonchev–Trinajstić information content (AvgIpc) is 2.92. The molecule has 2 aliphatic rings. The Morgan fingerprint density at radius 2 is 1.96 bits per heavy atom. The molecule has 4 heteroatoms. The Balaban J connectivity index is 2.01. The summed E-state index contributed by atoms with van der Waals surface area (Å²) in [7, 11) is 1.69. The van der Waals surface area contributed by atoms with Gasteiger partial charge in [-0.3, -0.25) is 9.69 Å². The number of carbonyl (C=O) groups excluding carboxylic acids is 1. The molecular formula is C19H19NO2S. The first-order chi connectivity index (χ1) is 11.2. The van der Waals surface area contributed by atoms with E-state index < -0.39 is 0 Å². The highest BCUT2D eigenvalue weighted by atomic mass is 32.2. The molecule has 2 aromatic carbocycles. The maximum absolute atomic E-state index is 12.6. The van der Waals surface area contributed by atoms with Gasteiger partial charge in [-0.05, 0) is 41.3 Å². The minimum absolute atomic E-state index is 0.0856. The SMILES string of the molecule is CCC1c2ccccc2C2SCC(=O)N2c2ccc(OC)cc21. The molecule has 23 heavy (non-hydrogen) atoms. The van der Waals surface area contributed by atoms with Crippen molar-refractivity contribution in [2.75, 3.05) is 17.8 Å². The van der Waals surface area contributed by atoms with Gasteiger partial charge in [0.2, 0.25) is 5.91 Å². The van der Waals surface area contributed by atoms with Crippen molar-refractivity contribution in [1.82, 2.24) is 0 Å². The fourth-order valence-electron chi connectivity index (χ4n) is 3.73. The Hall–Kier alpha value is -1.94. The van der Waals surface area contributed by atoms with Gasteiger partial charge in [0.1, 0.15) is 11.1 Å². The molecule has 0 aliphatic carbocycles. The van der Waals surface area contributed by atoms with E-state index in [1.807, 2.05) is 17.0 Å². The molecular weight excluding hydrogens is 306 g/mol. The third-order valence-electron chi connectivity index (χ3n) is 4.78. The summed E-state index contributed by atoms with van der Waals surface area (Å²) in [5.41, 5.74) is 4.83. The van der Waals surface area contributed by atoms with Gasteiger partial charge >= 0.3 is 0 Å². The van der Waals surface area contributed by atoms with E-state index in [-0.39, 0.29) is 17.2 Å². The number of benzene rings is 2. The number of hydrogen-bond donors (Lipinski definition) is 0. The number of anilines is 1. The van der Waals surface area contributed by atoms with Gasteiger partial charge in [-0.25, -0.2) is 0 Å². The Morgan fingerprint density at radius 3 is 2.70 bits per heavy atom. The summed E-state index contributed by atoms with van der Waals surface area (Å²) in [6.45, 7) is 2.20. The largest absolute Gasteiger partial charge is 0.497 e. The topological polar surface area (TPSA) is 29.5 Å². The zero-order valence-electron chi connectivity index (χ0n) is 13.3. The maximum Gasteiger partial charge on any atom is 0.238 e. The van der Waals surface area contributed by atoms with Crippen LogP contribution in [0.2, 0.25) is 0 Å². The Kier molecular flexibility index (Phi) is 3.57. The van der Waals surface area contributed by atoms with Crippen LogP contribution >= 0.6 is 11.8 Å². The summed E-state index contributed by atoms with van der Waals surface area (Å²) in [6, 6.07) is 14.6. The summed E-state index contributed by atoms with van der Waals surface area (Å²) < 4.78 is 5.43. The third-order valence-corrected chi connectivity index (χ3v) is 5.98. The second kappa shape index (κ2) is 5.60. The second-order valence-electron chi connectivity index (χ2n) is 5.94. The van der Waals surface area contributed by atoms with E-state index >= 15 is 0 Å². The smallest absolute Gasteiger partial charge is 0.238 e. The Morgan fingerprint density at radius 1 is 1.17 bits per heavy atom. The molecule has 4 rings (SSSR count). The molecule has 0 saturated carbocycles. The van der Waals surface area contributed by atoms with Crippen molar-refractivity contribution in [1.29, 1.82) is 0 Å². The van der Waals surface area contributed by atoms with Crippen molar-refractivity contribution in [2.45, 2.75) is 24.6 Å². The van der Waals surface area contributed by atoms with Crippen LogP contribution in [0.5, 0.6) is 5.75 Å². The Bertz CT molecular complexity index is 774. The van der Waals surface area contributed by atoms with Gasteiger partial charge in [-0.2, -0.15) is 0 Å². The molecule has 2 aromatic rings. The van der Waals surface area contributed by atoms with Crippen molar-refractivity contribution >= 4 is 23.4 Å². The summed E-state index contributed by atoms with van der Waals surface area (Å²) >= 11 is 1.72. The predicted molar refractivity (Wildman–Crippen MR) is 94.3 cm³/mol. The molecule has 1 amide bonds. The molecule has 2 aliphatic heterocycles. The summed E-state index contributed by atoms with van der Waals surface area (Å²) in [5, 5.41) is 0.0856. The number of methoxy groups -OCH3 is 1. The van der Waals surface area contributed by atoms with Crippen molar-refractivity contribution in [2.24, 2.45) is 0 Å². The minimum atomic E-state index is 0.0856. The lowest BCUT2D eigenvalue weighted by atomic mass is 9.86. The van der Waals surface area contributed by atoms with Crippen molar-refractivity contribution < 1.29 is 9.53 Å². The lowest BCUT2D eigenvalue weighted by Gasteiger charge is -2.24.